The Balaban J connectivity index is 1.43. The summed E-state index contributed by atoms with van der Waals surface area (Å²) in [6, 6.07) is 21.2. The van der Waals surface area contributed by atoms with E-state index < -0.39 is 23.8 Å². The van der Waals surface area contributed by atoms with Gasteiger partial charge in [0.1, 0.15) is 18.5 Å². The number of nitrogens with one attached hydrogen (secondary N) is 1. The third-order valence-electron chi connectivity index (χ3n) is 5.69. The average molecular weight is 453 g/mol. The zero-order valence-electron chi connectivity index (χ0n) is 17.9. The third kappa shape index (κ3) is 3.86. The molecule has 0 aliphatic carbocycles. The van der Waals surface area contributed by atoms with E-state index in [9.17, 15) is 19.2 Å². The number of imide groups is 1. The molecule has 2 heterocycles. The van der Waals surface area contributed by atoms with E-state index >= 15 is 0 Å². The summed E-state index contributed by atoms with van der Waals surface area (Å²) in [7, 11) is 0. The first-order valence-electron chi connectivity index (χ1n) is 10.7. The Morgan fingerprint density at radius 3 is 2.18 bits per heavy atom. The zero-order chi connectivity index (χ0) is 23.7. The summed E-state index contributed by atoms with van der Waals surface area (Å²) in [6.45, 7) is -0.312. The highest BCUT2D eigenvalue weighted by Gasteiger charge is 2.43. The monoisotopic (exact) mass is 453 g/mol. The summed E-state index contributed by atoms with van der Waals surface area (Å²) in [6.07, 6.45) is 0.0901. The highest BCUT2D eigenvalue weighted by atomic mass is 16.5. The molecule has 0 saturated carbocycles. The molecule has 1 N–H and O–H groups in total. The topological polar surface area (TPSA) is 109 Å². The Hall–Kier alpha value is -4.59. The molecule has 8 nitrogen and oxygen atoms in total. The number of benzene rings is 3. The van der Waals surface area contributed by atoms with E-state index in [1.807, 2.05) is 18.2 Å². The number of hydrogen-bond donors (Lipinski definition) is 1. The number of esters is 1. The molecule has 8 heteroatoms. The molecule has 0 spiro atoms. The zero-order valence-corrected chi connectivity index (χ0v) is 17.9. The fraction of sp³-hybridized carbons (Fsp3) is 0.115. The Bertz CT molecular complexity index is 1440. The van der Waals surface area contributed by atoms with Gasteiger partial charge in [-0.25, -0.2) is 9.78 Å². The van der Waals surface area contributed by atoms with Crippen LogP contribution in [0.1, 0.15) is 32.1 Å². The van der Waals surface area contributed by atoms with Crippen molar-refractivity contribution in [2.24, 2.45) is 0 Å². The lowest BCUT2D eigenvalue weighted by atomic mass is 10.0. The number of aromatic nitrogens is 2. The number of ether oxygens (including phenoxy) is 1. The van der Waals surface area contributed by atoms with Gasteiger partial charge in [-0.15, -0.1) is 0 Å². The maximum absolute atomic E-state index is 13.2. The first-order chi connectivity index (χ1) is 16.5. The van der Waals surface area contributed by atoms with E-state index in [0.29, 0.717) is 10.9 Å². The molecular formula is C26H19N3O5. The molecule has 0 unspecified atom stereocenters. The Morgan fingerprint density at radius 2 is 1.47 bits per heavy atom. The number of fused-ring (bicyclic) bond motifs is 2. The number of hydrogen-bond acceptors (Lipinski definition) is 6. The van der Waals surface area contributed by atoms with E-state index in [2.05, 4.69) is 9.97 Å². The van der Waals surface area contributed by atoms with Gasteiger partial charge in [-0.1, -0.05) is 54.6 Å². The van der Waals surface area contributed by atoms with Crippen LogP contribution in [0.2, 0.25) is 0 Å². The van der Waals surface area contributed by atoms with Crippen LogP contribution >= 0.6 is 0 Å². The van der Waals surface area contributed by atoms with Crippen molar-refractivity contribution in [3.8, 4) is 0 Å². The quantitative estimate of drug-likeness (QED) is 0.355. The average Bonchev–Trinajstić information content (AvgIpc) is 3.11. The number of para-hydroxylation sites is 1. The predicted octanol–water partition coefficient (Wildman–Crippen LogP) is 2.87. The Morgan fingerprint density at radius 1 is 0.853 bits per heavy atom. The molecule has 2 amide bonds. The van der Waals surface area contributed by atoms with Crippen LogP contribution in [0.5, 0.6) is 0 Å². The van der Waals surface area contributed by atoms with Crippen molar-refractivity contribution in [2.75, 3.05) is 0 Å². The molecule has 1 atom stereocenters. The summed E-state index contributed by atoms with van der Waals surface area (Å²) in [5, 5.41) is 0.422. The number of carbonyl (C=O) groups excluding carboxylic acids is 3. The van der Waals surface area contributed by atoms with Crippen molar-refractivity contribution in [3.63, 3.8) is 0 Å². The Kier molecular flexibility index (Phi) is 5.47. The molecule has 0 radical (unpaired) electrons. The van der Waals surface area contributed by atoms with Gasteiger partial charge in [0.2, 0.25) is 0 Å². The van der Waals surface area contributed by atoms with E-state index in [4.69, 9.17) is 4.74 Å². The van der Waals surface area contributed by atoms with Crippen LogP contribution in [0.3, 0.4) is 0 Å². The van der Waals surface area contributed by atoms with E-state index in [-0.39, 0.29) is 35.5 Å². The fourth-order valence-corrected chi connectivity index (χ4v) is 4.05. The third-order valence-corrected chi connectivity index (χ3v) is 5.69. The molecule has 5 rings (SSSR count). The standard InChI is InChI=1S/C26H19N3O5/c30-23-19-12-6-7-13-20(19)27-22(28-23)15-34-26(33)21(14-16-8-2-1-3-9-16)29-24(31)17-10-4-5-11-18(17)25(29)32/h1-13,21H,14-15H2,(H,27,28,30)/t21-/m1/s1. The molecule has 0 saturated heterocycles. The predicted molar refractivity (Wildman–Crippen MR) is 123 cm³/mol. The highest BCUT2D eigenvalue weighted by Crippen LogP contribution is 2.26. The van der Waals surface area contributed by atoms with E-state index in [1.54, 1.807) is 60.7 Å². The van der Waals surface area contributed by atoms with Crippen molar-refractivity contribution < 1.29 is 19.1 Å². The van der Waals surface area contributed by atoms with Crippen LogP contribution in [0.15, 0.2) is 83.7 Å². The van der Waals surface area contributed by atoms with Gasteiger partial charge >= 0.3 is 5.97 Å². The smallest absolute Gasteiger partial charge is 0.330 e. The molecule has 1 aromatic heterocycles. The maximum atomic E-state index is 13.2. The first kappa shape index (κ1) is 21.3. The van der Waals surface area contributed by atoms with Gasteiger partial charge < -0.3 is 9.72 Å². The minimum atomic E-state index is -1.18. The summed E-state index contributed by atoms with van der Waals surface area (Å²) >= 11 is 0. The molecule has 168 valence electrons. The maximum Gasteiger partial charge on any atom is 0.330 e. The lowest BCUT2D eigenvalue weighted by Gasteiger charge is -2.24. The summed E-state index contributed by atoms with van der Waals surface area (Å²) in [5.74, 6) is -1.70. The van der Waals surface area contributed by atoms with Crippen LogP contribution < -0.4 is 5.56 Å². The van der Waals surface area contributed by atoms with Crippen molar-refractivity contribution >= 4 is 28.7 Å². The number of aromatic amines is 1. The van der Waals surface area contributed by atoms with Gasteiger partial charge in [-0.2, -0.15) is 0 Å². The number of amides is 2. The largest absolute Gasteiger partial charge is 0.456 e. The van der Waals surface area contributed by atoms with E-state index in [1.165, 1.54) is 0 Å². The van der Waals surface area contributed by atoms with E-state index in [0.717, 1.165) is 10.5 Å². The molecule has 1 aliphatic heterocycles. The number of nitrogens with zero attached hydrogens (tertiary/aromatic N) is 2. The fourth-order valence-electron chi connectivity index (χ4n) is 4.05. The molecular weight excluding hydrogens is 434 g/mol. The van der Waals surface area contributed by atoms with Crippen molar-refractivity contribution in [1.29, 1.82) is 0 Å². The number of rotatable bonds is 6. The number of H-pyrrole nitrogens is 1. The van der Waals surface area contributed by atoms with Crippen molar-refractivity contribution in [2.45, 2.75) is 19.1 Å². The van der Waals surface area contributed by atoms with Gasteiger partial charge in [0.15, 0.2) is 0 Å². The number of carbonyl (C=O) groups is 3. The molecule has 34 heavy (non-hydrogen) atoms. The summed E-state index contributed by atoms with van der Waals surface area (Å²) < 4.78 is 5.46. The van der Waals surface area contributed by atoms with Gasteiger partial charge in [0.05, 0.1) is 22.0 Å². The van der Waals surface area contributed by atoms with Crippen LogP contribution in [0.25, 0.3) is 10.9 Å². The molecule has 4 aromatic rings. The van der Waals surface area contributed by atoms with Gasteiger partial charge in [-0.3, -0.25) is 19.3 Å². The van der Waals surface area contributed by atoms with Crippen LogP contribution in [-0.2, 0) is 22.6 Å². The van der Waals surface area contributed by atoms with Crippen LogP contribution in [0, 0.1) is 0 Å². The van der Waals surface area contributed by atoms with Crippen molar-refractivity contribution in [3.05, 3.63) is 112 Å². The second-order valence-corrected chi connectivity index (χ2v) is 7.87. The molecule has 1 aliphatic rings. The second kappa shape index (κ2) is 8.74. The van der Waals surface area contributed by atoms with Gasteiger partial charge in [-0.05, 0) is 29.8 Å². The van der Waals surface area contributed by atoms with Crippen LogP contribution in [-0.4, -0.2) is 38.7 Å². The Labute approximate surface area is 193 Å². The lowest BCUT2D eigenvalue weighted by molar-refractivity contribution is -0.149. The first-order valence-corrected chi connectivity index (χ1v) is 10.7. The summed E-state index contributed by atoms with van der Waals surface area (Å²) in [4.78, 5) is 59.5. The van der Waals surface area contributed by atoms with Crippen molar-refractivity contribution in [1.82, 2.24) is 14.9 Å². The molecule has 3 aromatic carbocycles. The molecule has 0 bridgehead atoms. The minimum absolute atomic E-state index is 0.0901. The van der Waals surface area contributed by atoms with Gasteiger partial charge in [0, 0.05) is 6.42 Å². The normalized spacial score (nSPS) is 13.7. The van der Waals surface area contributed by atoms with Gasteiger partial charge in [0.25, 0.3) is 17.4 Å². The van der Waals surface area contributed by atoms with Crippen LogP contribution in [0.4, 0.5) is 0 Å². The summed E-state index contributed by atoms with van der Waals surface area (Å²) in [5.41, 5.74) is 1.38. The second-order valence-electron chi connectivity index (χ2n) is 7.87. The molecule has 0 fully saturated rings. The lowest BCUT2D eigenvalue weighted by Crippen LogP contribution is -2.47. The highest BCUT2D eigenvalue weighted by molar-refractivity contribution is 6.22. The SMILES string of the molecule is O=C(OCc1nc2ccccc2c(=O)[nH]1)[C@@H](Cc1ccccc1)N1C(=O)c2ccccc2C1=O. The minimum Gasteiger partial charge on any atom is -0.456 e.